The summed E-state index contributed by atoms with van der Waals surface area (Å²) < 4.78 is 16.4. The molecule has 7 heteroatoms. The normalized spacial score (nSPS) is 19.5. The molecule has 32 heavy (non-hydrogen) atoms. The van der Waals surface area contributed by atoms with Gasteiger partial charge in [-0.1, -0.05) is 18.2 Å². The summed E-state index contributed by atoms with van der Waals surface area (Å²) in [6.07, 6.45) is 2.13. The van der Waals surface area contributed by atoms with Crippen LogP contribution in [-0.2, 0) is 0 Å². The zero-order valence-corrected chi connectivity index (χ0v) is 19.3. The Morgan fingerprint density at radius 3 is 2.22 bits per heavy atom. The van der Waals surface area contributed by atoms with E-state index in [1.807, 2.05) is 4.90 Å². The summed E-state index contributed by atoms with van der Waals surface area (Å²) in [5.41, 5.74) is 1.80. The van der Waals surface area contributed by atoms with Crippen LogP contribution in [0.15, 0.2) is 42.5 Å². The van der Waals surface area contributed by atoms with Gasteiger partial charge in [0.25, 0.3) is 5.91 Å². The van der Waals surface area contributed by atoms with E-state index in [9.17, 15) is 4.79 Å². The minimum Gasteiger partial charge on any atom is -0.493 e. The monoisotopic (exact) mass is 439 g/mol. The topological polar surface area (TPSA) is 54.5 Å². The molecule has 0 radical (unpaired) electrons. The second-order valence-electron chi connectivity index (χ2n) is 8.29. The highest BCUT2D eigenvalue weighted by atomic mass is 16.5. The Morgan fingerprint density at radius 2 is 1.56 bits per heavy atom. The second kappa shape index (κ2) is 10.1. The molecule has 0 saturated carbocycles. The summed E-state index contributed by atoms with van der Waals surface area (Å²) in [5.74, 6) is 1.41. The van der Waals surface area contributed by atoms with E-state index in [4.69, 9.17) is 14.2 Å². The molecule has 4 rings (SSSR count). The summed E-state index contributed by atoms with van der Waals surface area (Å²) in [5, 5.41) is 0. The molecule has 172 valence electrons. The maximum absolute atomic E-state index is 13.4. The van der Waals surface area contributed by atoms with Crippen molar-refractivity contribution in [1.29, 1.82) is 0 Å². The Balaban J connectivity index is 1.43. The number of piperazine rings is 1. The Labute approximate surface area is 190 Å². The number of anilines is 1. The van der Waals surface area contributed by atoms with Gasteiger partial charge in [-0.25, -0.2) is 0 Å². The van der Waals surface area contributed by atoms with Crippen LogP contribution in [0.2, 0.25) is 0 Å². The molecular formula is C25H33N3O4. The molecule has 0 N–H and O–H groups in total. The van der Waals surface area contributed by atoms with E-state index in [0.29, 0.717) is 28.9 Å². The summed E-state index contributed by atoms with van der Waals surface area (Å²) in [7, 11) is 4.69. The maximum atomic E-state index is 13.4. The zero-order chi connectivity index (χ0) is 22.5. The molecule has 2 aliphatic heterocycles. The number of ether oxygens (including phenoxy) is 3. The summed E-state index contributed by atoms with van der Waals surface area (Å²) in [6, 6.07) is 14.5. The zero-order valence-electron chi connectivity index (χ0n) is 19.3. The standard InChI is InChI=1S/C25H33N3O4/c1-30-22-12-11-21(23(31-2)24(22)32-3)25(29)28-13-7-10-20(18-28)27-16-14-26(15-17-27)19-8-5-4-6-9-19/h4-6,8-9,11-12,20H,7,10,13-18H2,1-3H3. The predicted octanol–water partition coefficient (Wildman–Crippen LogP) is 3.14. The second-order valence-corrected chi connectivity index (χ2v) is 8.29. The first-order valence-electron chi connectivity index (χ1n) is 11.3. The highest BCUT2D eigenvalue weighted by Gasteiger charge is 2.32. The number of hydrogen-bond donors (Lipinski definition) is 0. The van der Waals surface area contributed by atoms with Gasteiger partial charge in [-0.15, -0.1) is 0 Å². The van der Waals surface area contributed by atoms with E-state index in [1.54, 1.807) is 33.5 Å². The number of carbonyl (C=O) groups excluding carboxylic acids is 1. The van der Waals surface area contributed by atoms with E-state index in [2.05, 4.69) is 40.1 Å². The SMILES string of the molecule is COc1ccc(C(=O)N2CCCC(N3CCN(c4ccccc4)CC3)C2)c(OC)c1OC. The van der Waals surface area contributed by atoms with Crippen LogP contribution in [0.5, 0.6) is 17.2 Å². The number of carbonyl (C=O) groups is 1. The van der Waals surface area contributed by atoms with E-state index >= 15 is 0 Å². The first kappa shape index (κ1) is 22.3. The molecule has 2 saturated heterocycles. The molecule has 0 bridgehead atoms. The van der Waals surface area contributed by atoms with Crippen molar-refractivity contribution < 1.29 is 19.0 Å². The van der Waals surface area contributed by atoms with E-state index < -0.39 is 0 Å². The smallest absolute Gasteiger partial charge is 0.257 e. The summed E-state index contributed by atoms with van der Waals surface area (Å²) >= 11 is 0. The quantitative estimate of drug-likeness (QED) is 0.689. The summed E-state index contributed by atoms with van der Waals surface area (Å²) in [6.45, 7) is 5.55. The highest BCUT2D eigenvalue weighted by molar-refractivity contribution is 5.98. The number of likely N-dealkylation sites (tertiary alicyclic amines) is 1. The van der Waals surface area contributed by atoms with Gasteiger partial charge in [-0.05, 0) is 37.1 Å². The van der Waals surface area contributed by atoms with Crippen molar-refractivity contribution in [2.75, 3.05) is 65.5 Å². The molecule has 2 aliphatic rings. The van der Waals surface area contributed by atoms with Gasteiger partial charge < -0.3 is 24.0 Å². The number of amides is 1. The number of para-hydroxylation sites is 1. The third kappa shape index (κ3) is 4.48. The van der Waals surface area contributed by atoms with Gasteiger partial charge in [0, 0.05) is 51.0 Å². The number of methoxy groups -OCH3 is 3. The van der Waals surface area contributed by atoms with E-state index in [1.165, 1.54) is 5.69 Å². The van der Waals surface area contributed by atoms with Crippen molar-refractivity contribution in [3.63, 3.8) is 0 Å². The Morgan fingerprint density at radius 1 is 0.844 bits per heavy atom. The fourth-order valence-corrected chi connectivity index (χ4v) is 4.86. The van der Waals surface area contributed by atoms with Crippen LogP contribution in [0.3, 0.4) is 0 Å². The lowest BCUT2D eigenvalue weighted by Crippen LogP contribution is -2.55. The van der Waals surface area contributed by atoms with Crippen molar-refractivity contribution in [2.24, 2.45) is 0 Å². The number of piperidine rings is 1. The van der Waals surface area contributed by atoms with Crippen molar-refractivity contribution in [3.05, 3.63) is 48.0 Å². The number of rotatable bonds is 6. The third-order valence-electron chi connectivity index (χ3n) is 6.57. The van der Waals surface area contributed by atoms with Crippen LogP contribution in [0.1, 0.15) is 23.2 Å². The fraction of sp³-hybridized carbons (Fsp3) is 0.480. The third-order valence-corrected chi connectivity index (χ3v) is 6.57. The first-order valence-corrected chi connectivity index (χ1v) is 11.3. The van der Waals surface area contributed by atoms with Gasteiger partial charge in [0.1, 0.15) is 0 Å². The van der Waals surface area contributed by atoms with Crippen molar-refractivity contribution in [3.8, 4) is 17.2 Å². The number of benzene rings is 2. The molecule has 2 aromatic carbocycles. The van der Waals surface area contributed by atoms with E-state index in [-0.39, 0.29) is 5.91 Å². The molecule has 2 aromatic rings. The minimum absolute atomic E-state index is 0.0181. The Hall–Kier alpha value is -2.93. The lowest BCUT2D eigenvalue weighted by Gasteiger charge is -2.44. The number of nitrogens with zero attached hydrogens (tertiary/aromatic N) is 3. The lowest BCUT2D eigenvalue weighted by molar-refractivity contribution is 0.0560. The van der Waals surface area contributed by atoms with Crippen LogP contribution in [0, 0.1) is 0 Å². The maximum Gasteiger partial charge on any atom is 0.257 e. The van der Waals surface area contributed by atoms with Crippen molar-refractivity contribution >= 4 is 11.6 Å². The van der Waals surface area contributed by atoms with Crippen LogP contribution in [0.25, 0.3) is 0 Å². The minimum atomic E-state index is -0.0181. The molecule has 2 heterocycles. The van der Waals surface area contributed by atoms with Crippen molar-refractivity contribution in [2.45, 2.75) is 18.9 Å². The predicted molar refractivity (Wildman–Crippen MR) is 125 cm³/mol. The van der Waals surface area contributed by atoms with Gasteiger partial charge in [-0.3, -0.25) is 9.69 Å². The molecule has 1 amide bonds. The molecule has 0 aliphatic carbocycles. The average molecular weight is 440 g/mol. The van der Waals surface area contributed by atoms with Gasteiger partial charge >= 0.3 is 0 Å². The van der Waals surface area contributed by atoms with Gasteiger partial charge in [-0.2, -0.15) is 0 Å². The average Bonchev–Trinajstić information content (AvgIpc) is 2.87. The number of hydrogen-bond acceptors (Lipinski definition) is 6. The van der Waals surface area contributed by atoms with Crippen LogP contribution in [0.4, 0.5) is 5.69 Å². The first-order chi connectivity index (χ1) is 15.7. The molecule has 0 aromatic heterocycles. The Kier molecular flexibility index (Phi) is 7.05. The molecule has 0 spiro atoms. The lowest BCUT2D eigenvalue weighted by atomic mass is 10.0. The summed E-state index contributed by atoms with van der Waals surface area (Å²) in [4.78, 5) is 20.4. The van der Waals surface area contributed by atoms with Crippen LogP contribution < -0.4 is 19.1 Å². The molecule has 1 unspecified atom stereocenters. The van der Waals surface area contributed by atoms with Crippen molar-refractivity contribution in [1.82, 2.24) is 9.80 Å². The Bertz CT molecular complexity index is 913. The molecular weight excluding hydrogens is 406 g/mol. The molecule has 1 atom stereocenters. The molecule has 7 nitrogen and oxygen atoms in total. The van der Waals surface area contributed by atoms with E-state index in [0.717, 1.165) is 52.1 Å². The fourth-order valence-electron chi connectivity index (χ4n) is 4.86. The molecule has 2 fully saturated rings. The van der Waals surface area contributed by atoms with Gasteiger partial charge in [0.2, 0.25) is 5.75 Å². The van der Waals surface area contributed by atoms with Crippen LogP contribution >= 0.6 is 0 Å². The highest BCUT2D eigenvalue weighted by Crippen LogP contribution is 2.40. The van der Waals surface area contributed by atoms with Gasteiger partial charge in [0.05, 0.1) is 26.9 Å². The van der Waals surface area contributed by atoms with Crippen LogP contribution in [-0.4, -0.2) is 82.3 Å². The largest absolute Gasteiger partial charge is 0.493 e. The van der Waals surface area contributed by atoms with Gasteiger partial charge in [0.15, 0.2) is 11.5 Å².